The molecule has 14 heavy (non-hydrogen) atoms. The zero-order chi connectivity index (χ0) is 10.3. The lowest BCUT2D eigenvalue weighted by Gasteiger charge is -2.23. The number of amides is 2. The summed E-state index contributed by atoms with van der Waals surface area (Å²) in [5, 5.41) is 0. The van der Waals surface area contributed by atoms with E-state index in [9.17, 15) is 9.59 Å². The van der Waals surface area contributed by atoms with Crippen LogP contribution in [-0.2, 0) is 9.59 Å². The first kappa shape index (κ1) is 9.45. The maximum atomic E-state index is 11.6. The molecule has 0 aromatic heterocycles. The molecule has 0 aromatic rings. The average molecular weight is 203 g/mol. The van der Waals surface area contributed by atoms with Gasteiger partial charge in [-0.15, -0.1) is 4.44 Å². The number of carbonyl (C=O) groups excluding carboxylic acids is 2. The third kappa shape index (κ3) is 1.37. The third-order valence-electron chi connectivity index (χ3n) is 2.49. The van der Waals surface area contributed by atoms with E-state index in [-0.39, 0.29) is 17.7 Å². The van der Waals surface area contributed by atoms with Gasteiger partial charge in [-0.05, 0) is 0 Å². The first-order chi connectivity index (χ1) is 6.59. The second-order valence-electron chi connectivity index (χ2n) is 3.59. The summed E-state index contributed by atoms with van der Waals surface area (Å²) in [6, 6.07) is 0. The Balaban J connectivity index is 2.52. The summed E-state index contributed by atoms with van der Waals surface area (Å²) < 4.78 is 1.15. The Hall–Kier alpha value is -1.11. The van der Waals surface area contributed by atoms with Crippen molar-refractivity contribution in [2.45, 2.75) is 0 Å². The van der Waals surface area contributed by atoms with E-state index in [1.54, 1.807) is 12.2 Å². The Morgan fingerprint density at radius 2 is 2.00 bits per heavy atom. The minimum atomic E-state index is -0.241. The quantitative estimate of drug-likeness (QED) is 0.397. The summed E-state index contributed by atoms with van der Waals surface area (Å²) in [7, 11) is 1.53. The Morgan fingerprint density at radius 3 is 2.71 bits per heavy atom. The average Bonchev–Trinajstić information content (AvgIpc) is 2.34. The molecule has 4 heteroatoms. The first-order valence-corrected chi connectivity index (χ1v) is 5.50. The zero-order valence-electron chi connectivity index (χ0n) is 8.15. The molecular formula is C10H10AlNO2. The molecule has 2 rings (SSSR count). The Kier molecular flexibility index (Phi) is 2.18. The summed E-state index contributed by atoms with van der Waals surface area (Å²) in [6.45, 7) is 0. The molecule has 3 nitrogen and oxygen atoms in total. The molecule has 0 spiro atoms. The highest BCUT2D eigenvalue weighted by atomic mass is 27.0. The van der Waals surface area contributed by atoms with Crippen molar-refractivity contribution in [1.29, 1.82) is 0 Å². The summed E-state index contributed by atoms with van der Waals surface area (Å²) in [5.41, 5.74) is 0.624. The fraction of sp³-hybridized carbons (Fsp3) is 0.200. The SMILES string of the molecule is CN1C(=O)C2=C[C@@H](C=[C]([AlH2])C=C2)C1=O. The highest BCUT2D eigenvalue weighted by Gasteiger charge is 2.30. The number of fused-ring (bicyclic) bond motifs is 1. The van der Waals surface area contributed by atoms with Crippen LogP contribution >= 0.6 is 0 Å². The van der Waals surface area contributed by atoms with Crippen LogP contribution in [0.15, 0.2) is 34.3 Å². The Bertz CT molecular complexity index is 406. The molecule has 0 radical (unpaired) electrons. The molecule has 1 aliphatic heterocycles. The van der Waals surface area contributed by atoms with E-state index in [4.69, 9.17) is 0 Å². The van der Waals surface area contributed by atoms with Gasteiger partial charge in [0.25, 0.3) is 22.2 Å². The summed E-state index contributed by atoms with van der Waals surface area (Å²) >= 11 is 0.897. The Morgan fingerprint density at radius 1 is 1.29 bits per heavy atom. The molecule has 0 saturated carbocycles. The van der Waals surface area contributed by atoms with Gasteiger partial charge in [0.05, 0.1) is 5.92 Å². The highest BCUT2D eigenvalue weighted by Crippen LogP contribution is 2.22. The van der Waals surface area contributed by atoms with Crippen molar-refractivity contribution in [3.8, 4) is 0 Å². The predicted molar refractivity (Wildman–Crippen MR) is 55.1 cm³/mol. The summed E-state index contributed by atoms with van der Waals surface area (Å²) in [5.74, 6) is -0.571. The van der Waals surface area contributed by atoms with Crippen LogP contribution in [0.2, 0.25) is 0 Å². The first-order valence-electron chi connectivity index (χ1n) is 4.50. The predicted octanol–water partition coefficient (Wildman–Crippen LogP) is -0.386. The number of carbonyl (C=O) groups is 2. The molecule has 1 atom stereocenters. The molecule has 2 aliphatic rings. The minimum absolute atomic E-state index is 0.129. The number of likely N-dealkylation sites (N-methyl/N-ethyl adjacent to an activating group) is 1. The molecule has 0 aromatic carbocycles. The molecule has 0 saturated heterocycles. The van der Waals surface area contributed by atoms with Gasteiger partial charge in [-0.2, -0.15) is 0 Å². The maximum Gasteiger partial charge on any atom is 0.259 e. The van der Waals surface area contributed by atoms with Crippen LogP contribution in [0.5, 0.6) is 0 Å². The normalized spacial score (nSPS) is 25.8. The van der Waals surface area contributed by atoms with Crippen LogP contribution in [0, 0.1) is 5.92 Å². The largest absolute Gasteiger partial charge is 0.281 e. The van der Waals surface area contributed by atoms with Crippen LogP contribution in [0.3, 0.4) is 0 Å². The van der Waals surface area contributed by atoms with Gasteiger partial charge < -0.3 is 0 Å². The van der Waals surface area contributed by atoms with Gasteiger partial charge in [-0.25, -0.2) is 0 Å². The van der Waals surface area contributed by atoms with E-state index in [2.05, 4.69) is 0 Å². The van der Waals surface area contributed by atoms with E-state index < -0.39 is 0 Å². The lowest BCUT2D eigenvalue weighted by Crippen LogP contribution is -2.40. The lowest BCUT2D eigenvalue weighted by molar-refractivity contribution is -0.142. The van der Waals surface area contributed by atoms with Gasteiger partial charge in [0.2, 0.25) is 5.91 Å². The molecule has 2 bridgehead atoms. The topological polar surface area (TPSA) is 37.4 Å². The second-order valence-corrected chi connectivity index (χ2v) is 4.75. The van der Waals surface area contributed by atoms with E-state index in [1.807, 2.05) is 12.2 Å². The van der Waals surface area contributed by atoms with Crippen molar-refractivity contribution in [2.24, 2.45) is 5.92 Å². The number of hydrogen-bond acceptors (Lipinski definition) is 2. The van der Waals surface area contributed by atoms with Crippen LogP contribution in [0.25, 0.3) is 0 Å². The maximum absolute atomic E-state index is 11.6. The molecule has 1 heterocycles. The monoisotopic (exact) mass is 203 g/mol. The van der Waals surface area contributed by atoms with Crippen molar-refractivity contribution < 1.29 is 9.59 Å². The zero-order valence-corrected chi connectivity index (χ0v) is 10.2. The van der Waals surface area contributed by atoms with Gasteiger partial charge in [0.15, 0.2) is 0 Å². The molecule has 1 aliphatic carbocycles. The van der Waals surface area contributed by atoms with Gasteiger partial charge >= 0.3 is 0 Å². The van der Waals surface area contributed by atoms with Crippen molar-refractivity contribution >= 4 is 28.1 Å². The molecule has 70 valence electrons. The molecule has 0 unspecified atom stereocenters. The number of allylic oxidation sites excluding steroid dienone is 2. The number of rotatable bonds is 0. The van der Waals surface area contributed by atoms with E-state index >= 15 is 0 Å². The minimum Gasteiger partial charge on any atom is -0.281 e. The molecule has 2 amide bonds. The van der Waals surface area contributed by atoms with E-state index in [0.717, 1.165) is 20.7 Å². The van der Waals surface area contributed by atoms with Crippen molar-refractivity contribution in [3.05, 3.63) is 34.3 Å². The number of nitrogens with zero attached hydrogens (tertiary/aromatic N) is 1. The molecule has 0 N–H and O–H groups in total. The van der Waals surface area contributed by atoms with Crippen LogP contribution < -0.4 is 0 Å². The van der Waals surface area contributed by atoms with Gasteiger partial charge in [0.1, 0.15) is 0 Å². The third-order valence-corrected chi connectivity index (χ3v) is 3.16. The fourth-order valence-electron chi connectivity index (χ4n) is 1.66. The molecule has 0 fully saturated rings. The van der Waals surface area contributed by atoms with Gasteiger partial charge in [-0.1, -0.05) is 24.3 Å². The van der Waals surface area contributed by atoms with Crippen LogP contribution in [0.4, 0.5) is 0 Å². The number of hydrogen-bond donors (Lipinski definition) is 0. The van der Waals surface area contributed by atoms with Gasteiger partial charge in [-0.3, -0.25) is 14.5 Å². The van der Waals surface area contributed by atoms with Crippen molar-refractivity contribution in [3.63, 3.8) is 0 Å². The Labute approximate surface area is 90.2 Å². The standard InChI is InChI=1S/C10H8NO2.Al.2H/c1-11-9(12)7-4-2-3-5-8(6-7)10(11)13;;;/h2,4-6,8H,1H3;;;/t8-;;;/m1.../s1. The van der Waals surface area contributed by atoms with Gasteiger partial charge in [0, 0.05) is 12.6 Å². The smallest absolute Gasteiger partial charge is 0.259 e. The highest BCUT2D eigenvalue weighted by molar-refractivity contribution is 6.24. The summed E-state index contributed by atoms with van der Waals surface area (Å²) in [4.78, 5) is 24.4. The fourth-order valence-corrected chi connectivity index (χ4v) is 2.19. The number of imide groups is 1. The lowest BCUT2D eigenvalue weighted by atomic mass is 10.00. The van der Waals surface area contributed by atoms with E-state index in [1.165, 1.54) is 11.9 Å². The second kappa shape index (κ2) is 3.23. The van der Waals surface area contributed by atoms with Crippen molar-refractivity contribution in [2.75, 3.05) is 7.05 Å². The van der Waals surface area contributed by atoms with E-state index in [0.29, 0.717) is 5.57 Å². The molecular weight excluding hydrogens is 193 g/mol. The van der Waals surface area contributed by atoms with Crippen molar-refractivity contribution in [1.82, 2.24) is 4.90 Å². The van der Waals surface area contributed by atoms with Crippen LogP contribution in [0.1, 0.15) is 0 Å². The summed E-state index contributed by atoms with van der Waals surface area (Å²) in [6.07, 6.45) is 7.39. The van der Waals surface area contributed by atoms with Crippen LogP contribution in [-0.4, -0.2) is 40.1 Å².